The fourth-order valence-corrected chi connectivity index (χ4v) is 3.90. The molecule has 0 radical (unpaired) electrons. The van der Waals surface area contributed by atoms with Gasteiger partial charge in [0.2, 0.25) is 5.62 Å². The van der Waals surface area contributed by atoms with E-state index >= 15 is 0 Å². The maximum atomic E-state index is 13.6. The van der Waals surface area contributed by atoms with E-state index in [-0.39, 0.29) is 24.8 Å². The van der Waals surface area contributed by atoms with Crippen molar-refractivity contribution in [3.8, 4) is 11.5 Å². The first-order chi connectivity index (χ1) is 17.5. The van der Waals surface area contributed by atoms with E-state index in [9.17, 15) is 14.4 Å². The fraction of sp³-hybridized carbons (Fsp3) is 0.385. The van der Waals surface area contributed by atoms with Crippen molar-refractivity contribution >= 4 is 23.3 Å². The van der Waals surface area contributed by atoms with E-state index in [2.05, 4.69) is 4.99 Å². The SMILES string of the molecule is COC(=O)[C@@H](C)Cn1c(=O)n(C)c(=Nc2ccc(OC(C)C)c(Cl)c2)n(Cc2ccc(OC)cc2)c1=O. The quantitative estimate of drug-likeness (QED) is 0.394. The highest BCUT2D eigenvalue weighted by Gasteiger charge is 2.20. The third kappa shape index (κ3) is 6.51. The molecule has 0 aliphatic heterocycles. The summed E-state index contributed by atoms with van der Waals surface area (Å²) in [7, 11) is 4.34. The Bertz CT molecular complexity index is 1450. The number of methoxy groups -OCH3 is 2. The molecule has 0 saturated carbocycles. The van der Waals surface area contributed by atoms with E-state index in [1.165, 1.54) is 23.3 Å². The molecule has 0 spiro atoms. The monoisotopic (exact) mass is 530 g/mol. The maximum Gasteiger partial charge on any atom is 0.335 e. The van der Waals surface area contributed by atoms with Crippen LogP contribution in [0.25, 0.3) is 0 Å². The molecule has 1 heterocycles. The Morgan fingerprint density at radius 3 is 2.24 bits per heavy atom. The van der Waals surface area contributed by atoms with Gasteiger partial charge in [0, 0.05) is 13.6 Å². The first-order valence-electron chi connectivity index (χ1n) is 11.7. The summed E-state index contributed by atoms with van der Waals surface area (Å²) in [6, 6.07) is 12.2. The van der Waals surface area contributed by atoms with Crippen LogP contribution in [0.3, 0.4) is 0 Å². The lowest BCUT2D eigenvalue weighted by molar-refractivity contribution is -0.145. The molecule has 3 rings (SSSR count). The lowest BCUT2D eigenvalue weighted by Gasteiger charge is -2.16. The first kappa shape index (κ1) is 27.8. The van der Waals surface area contributed by atoms with Crippen LogP contribution in [0, 0.1) is 5.92 Å². The summed E-state index contributed by atoms with van der Waals surface area (Å²) in [6.07, 6.45) is -0.0623. The van der Waals surface area contributed by atoms with E-state index in [0.717, 1.165) is 10.1 Å². The highest BCUT2D eigenvalue weighted by atomic mass is 35.5. The van der Waals surface area contributed by atoms with E-state index in [0.29, 0.717) is 22.2 Å². The summed E-state index contributed by atoms with van der Waals surface area (Å²) >= 11 is 6.38. The van der Waals surface area contributed by atoms with Gasteiger partial charge in [0.1, 0.15) is 11.5 Å². The lowest BCUT2D eigenvalue weighted by atomic mass is 10.2. The van der Waals surface area contributed by atoms with Gasteiger partial charge in [-0.2, -0.15) is 0 Å². The second-order valence-corrected chi connectivity index (χ2v) is 9.19. The molecule has 37 heavy (non-hydrogen) atoms. The molecule has 0 fully saturated rings. The second kappa shape index (κ2) is 12.0. The molecular formula is C26H31ClN4O6. The van der Waals surface area contributed by atoms with Crippen LogP contribution in [-0.4, -0.2) is 40.0 Å². The molecular weight excluding hydrogens is 500 g/mol. The van der Waals surface area contributed by atoms with Crippen molar-refractivity contribution in [1.82, 2.24) is 13.7 Å². The minimum atomic E-state index is -0.708. The predicted octanol–water partition coefficient (Wildman–Crippen LogP) is 2.89. The zero-order chi connectivity index (χ0) is 27.3. The van der Waals surface area contributed by atoms with E-state index in [1.54, 1.807) is 44.4 Å². The molecule has 0 N–H and O–H groups in total. The number of ether oxygens (including phenoxy) is 3. The zero-order valence-electron chi connectivity index (χ0n) is 21.7. The van der Waals surface area contributed by atoms with E-state index in [4.69, 9.17) is 25.8 Å². The maximum absolute atomic E-state index is 13.6. The molecule has 0 unspecified atom stereocenters. The van der Waals surface area contributed by atoms with E-state index in [1.807, 2.05) is 26.0 Å². The minimum Gasteiger partial charge on any atom is -0.497 e. The highest BCUT2D eigenvalue weighted by molar-refractivity contribution is 6.32. The van der Waals surface area contributed by atoms with Crippen LogP contribution in [0.2, 0.25) is 5.02 Å². The third-order valence-corrected chi connectivity index (χ3v) is 5.88. The van der Waals surface area contributed by atoms with Gasteiger partial charge >= 0.3 is 17.3 Å². The van der Waals surface area contributed by atoms with Crippen LogP contribution in [0.4, 0.5) is 5.69 Å². The topological polar surface area (TPSA) is 106 Å². The van der Waals surface area contributed by atoms with Gasteiger partial charge in [-0.1, -0.05) is 30.7 Å². The van der Waals surface area contributed by atoms with Crippen LogP contribution in [0.5, 0.6) is 11.5 Å². The Kier molecular flexibility index (Phi) is 8.99. The van der Waals surface area contributed by atoms with Crippen LogP contribution < -0.4 is 26.5 Å². The second-order valence-electron chi connectivity index (χ2n) is 8.79. The number of hydrogen-bond donors (Lipinski definition) is 0. The Balaban J connectivity index is 2.21. The third-order valence-electron chi connectivity index (χ3n) is 5.59. The molecule has 198 valence electrons. The van der Waals surface area contributed by atoms with Crippen LogP contribution in [0.15, 0.2) is 57.0 Å². The van der Waals surface area contributed by atoms with Crippen molar-refractivity contribution in [2.75, 3.05) is 14.2 Å². The summed E-state index contributed by atoms with van der Waals surface area (Å²) in [5, 5.41) is 0.349. The largest absolute Gasteiger partial charge is 0.497 e. The highest BCUT2D eigenvalue weighted by Crippen LogP contribution is 2.29. The molecule has 0 aliphatic carbocycles. The number of carbonyl (C=O) groups excluding carboxylic acids is 1. The van der Waals surface area contributed by atoms with Gasteiger partial charge in [0.05, 0.1) is 43.5 Å². The molecule has 3 aromatic rings. The van der Waals surface area contributed by atoms with Crippen molar-refractivity contribution in [3.63, 3.8) is 0 Å². The van der Waals surface area contributed by atoms with Crippen LogP contribution >= 0.6 is 11.6 Å². The summed E-state index contributed by atoms with van der Waals surface area (Å²) in [4.78, 5) is 43.4. The van der Waals surface area contributed by atoms with Gasteiger partial charge in [-0.25, -0.2) is 19.1 Å². The van der Waals surface area contributed by atoms with Crippen LogP contribution in [0.1, 0.15) is 26.3 Å². The molecule has 0 amide bonds. The normalized spacial score (nSPS) is 12.5. The van der Waals surface area contributed by atoms with Gasteiger partial charge in [-0.05, 0) is 49.7 Å². The van der Waals surface area contributed by atoms with Gasteiger partial charge in [0.25, 0.3) is 0 Å². The van der Waals surface area contributed by atoms with Gasteiger partial charge in [-0.15, -0.1) is 0 Å². The lowest BCUT2D eigenvalue weighted by Crippen LogP contribution is -2.55. The standard InChI is InChI=1S/C26H31ClN4O6/c1-16(2)37-22-12-9-19(13-21(22)27)28-24-29(4)25(33)31(14-17(3)23(32)36-6)26(34)30(24)15-18-7-10-20(35-5)11-8-18/h7-13,16-17H,14-15H2,1-6H3/t17-/m0/s1. The predicted molar refractivity (Wildman–Crippen MR) is 140 cm³/mol. The Morgan fingerprint density at radius 1 is 1.00 bits per heavy atom. The fourth-order valence-electron chi connectivity index (χ4n) is 3.68. The molecule has 0 saturated heterocycles. The number of carbonyl (C=O) groups is 1. The zero-order valence-corrected chi connectivity index (χ0v) is 22.5. The molecule has 0 bridgehead atoms. The first-order valence-corrected chi connectivity index (χ1v) is 12.1. The molecule has 2 aromatic carbocycles. The van der Waals surface area contributed by atoms with Gasteiger partial charge in [0.15, 0.2) is 0 Å². The van der Waals surface area contributed by atoms with E-state index < -0.39 is 23.3 Å². The van der Waals surface area contributed by atoms with Gasteiger partial charge < -0.3 is 14.2 Å². The summed E-state index contributed by atoms with van der Waals surface area (Å²) in [6.45, 7) is 5.34. The average Bonchev–Trinajstić information content (AvgIpc) is 2.88. The smallest absolute Gasteiger partial charge is 0.335 e. The van der Waals surface area contributed by atoms with Crippen LogP contribution in [-0.2, 0) is 29.7 Å². The summed E-state index contributed by atoms with van der Waals surface area (Å²) in [5.74, 6) is -0.0627. The molecule has 11 heteroatoms. The number of aromatic nitrogens is 3. The van der Waals surface area contributed by atoms with Crippen molar-refractivity contribution in [2.24, 2.45) is 18.0 Å². The number of esters is 1. The molecule has 1 atom stereocenters. The average molecular weight is 531 g/mol. The Labute approximate surface area is 219 Å². The molecule has 10 nitrogen and oxygen atoms in total. The summed E-state index contributed by atoms with van der Waals surface area (Å²) in [5.41, 5.74) is 0.0981. The number of halogens is 1. The van der Waals surface area contributed by atoms with Crippen molar-refractivity contribution in [1.29, 1.82) is 0 Å². The number of hydrogen-bond acceptors (Lipinski definition) is 7. The van der Waals surface area contributed by atoms with Crippen molar-refractivity contribution in [3.05, 3.63) is 79.6 Å². The Hall–Kier alpha value is -3.79. The van der Waals surface area contributed by atoms with Crippen molar-refractivity contribution in [2.45, 2.75) is 40.0 Å². The molecule has 1 aromatic heterocycles. The minimum absolute atomic E-state index is 0.0623. The Morgan fingerprint density at radius 2 is 1.68 bits per heavy atom. The number of nitrogens with zero attached hydrogens (tertiary/aromatic N) is 4. The van der Waals surface area contributed by atoms with Gasteiger partial charge in [-0.3, -0.25) is 13.9 Å². The molecule has 0 aliphatic rings. The number of rotatable bonds is 9. The summed E-state index contributed by atoms with van der Waals surface area (Å²) < 4.78 is 19.3. The van der Waals surface area contributed by atoms with Crippen molar-refractivity contribution < 1.29 is 19.0 Å². The number of benzene rings is 2.